The van der Waals surface area contributed by atoms with Crippen LogP contribution in [0.4, 0.5) is 0 Å². The molecule has 0 aliphatic heterocycles. The van der Waals surface area contributed by atoms with Gasteiger partial charge in [0, 0.05) is 29.0 Å². The van der Waals surface area contributed by atoms with Gasteiger partial charge >= 0.3 is 0 Å². The van der Waals surface area contributed by atoms with Crippen LogP contribution in [0.2, 0.25) is 0 Å². The first-order valence-electron chi connectivity index (χ1n) is 7.61. The molecule has 0 fully saturated rings. The minimum Gasteiger partial charge on any atom is -0.260 e. The van der Waals surface area contributed by atoms with E-state index in [9.17, 15) is 0 Å². The lowest BCUT2D eigenvalue weighted by Crippen LogP contribution is -1.97. The number of nitriles is 1. The number of thioether (sulfide) groups is 1. The number of pyridine rings is 1. The molecule has 4 rings (SSSR count). The summed E-state index contributed by atoms with van der Waals surface area (Å²) in [5.74, 6) is 0. The molecule has 0 saturated heterocycles. The predicted molar refractivity (Wildman–Crippen MR) is 95.8 cm³/mol. The molecule has 0 atom stereocenters. The van der Waals surface area contributed by atoms with Gasteiger partial charge in [-0.25, -0.2) is 9.97 Å². The summed E-state index contributed by atoms with van der Waals surface area (Å²) in [7, 11) is 0. The van der Waals surface area contributed by atoms with Crippen LogP contribution in [-0.4, -0.2) is 21.2 Å². The largest absolute Gasteiger partial charge is 0.260 e. The molecular weight excluding hydrogens is 316 g/mol. The van der Waals surface area contributed by atoms with Crippen molar-refractivity contribution in [1.82, 2.24) is 15.0 Å². The summed E-state index contributed by atoms with van der Waals surface area (Å²) in [5, 5.41) is 10.8. The molecule has 0 bridgehead atoms. The summed E-state index contributed by atoms with van der Waals surface area (Å²) in [6.07, 6.45) is 8.75. The van der Waals surface area contributed by atoms with E-state index >= 15 is 0 Å². The van der Waals surface area contributed by atoms with E-state index in [1.807, 2.05) is 43.8 Å². The fourth-order valence-electron chi connectivity index (χ4n) is 3.10. The quantitative estimate of drug-likeness (QED) is 0.526. The van der Waals surface area contributed by atoms with E-state index in [4.69, 9.17) is 10.2 Å². The Labute approximate surface area is 144 Å². The van der Waals surface area contributed by atoms with E-state index in [-0.39, 0.29) is 0 Å². The predicted octanol–water partition coefficient (Wildman–Crippen LogP) is 3.91. The zero-order valence-electron chi connectivity index (χ0n) is 13.4. The summed E-state index contributed by atoms with van der Waals surface area (Å²) in [6, 6.07) is 8.06. The van der Waals surface area contributed by atoms with Crippen molar-refractivity contribution in [2.24, 2.45) is 0 Å². The van der Waals surface area contributed by atoms with Crippen LogP contribution in [-0.2, 0) is 6.42 Å². The monoisotopic (exact) mass is 330 g/mol. The van der Waals surface area contributed by atoms with Gasteiger partial charge in [-0.1, -0.05) is 23.9 Å². The zero-order valence-corrected chi connectivity index (χ0v) is 14.2. The second kappa shape index (κ2) is 5.73. The van der Waals surface area contributed by atoms with Crippen molar-refractivity contribution < 1.29 is 0 Å². The molecular formula is C19H14N4S. The number of aryl methyl sites for hydroxylation is 1. The lowest BCUT2D eigenvalue weighted by molar-refractivity contribution is 0.998. The maximum absolute atomic E-state index is 9.09. The number of nitrogens with zero attached hydrogens (tertiary/aromatic N) is 4. The third-order valence-corrected chi connectivity index (χ3v) is 4.88. The van der Waals surface area contributed by atoms with Gasteiger partial charge in [-0.2, -0.15) is 5.26 Å². The van der Waals surface area contributed by atoms with Crippen LogP contribution >= 0.6 is 11.8 Å². The van der Waals surface area contributed by atoms with Gasteiger partial charge in [0.25, 0.3) is 0 Å². The van der Waals surface area contributed by atoms with Gasteiger partial charge in [-0.05, 0) is 48.4 Å². The van der Waals surface area contributed by atoms with Gasteiger partial charge in [0.1, 0.15) is 0 Å². The number of fused-ring (bicyclic) bond motifs is 2. The van der Waals surface area contributed by atoms with Gasteiger partial charge < -0.3 is 0 Å². The van der Waals surface area contributed by atoms with E-state index in [1.165, 1.54) is 17.3 Å². The maximum Gasteiger partial charge on any atom is 0.187 e. The number of hydrogen-bond acceptors (Lipinski definition) is 5. The lowest BCUT2D eigenvalue weighted by Gasteiger charge is -2.11. The van der Waals surface area contributed by atoms with Gasteiger partial charge in [0.05, 0.1) is 17.1 Å². The van der Waals surface area contributed by atoms with Crippen molar-refractivity contribution in [3.8, 4) is 6.07 Å². The van der Waals surface area contributed by atoms with Crippen LogP contribution in [0, 0.1) is 18.3 Å². The topological polar surface area (TPSA) is 62.5 Å². The average Bonchev–Trinajstić information content (AvgIpc) is 3.04. The molecule has 4 nitrogen and oxygen atoms in total. The third-order valence-electron chi connectivity index (χ3n) is 4.32. The molecule has 3 aromatic rings. The Balaban J connectivity index is 1.93. The summed E-state index contributed by atoms with van der Waals surface area (Å²) in [4.78, 5) is 13.6. The molecule has 2 aromatic heterocycles. The van der Waals surface area contributed by atoms with Crippen molar-refractivity contribution in [2.75, 3.05) is 6.26 Å². The van der Waals surface area contributed by atoms with Crippen LogP contribution in [0.25, 0.3) is 16.5 Å². The molecule has 1 aliphatic rings. The lowest BCUT2D eigenvalue weighted by atomic mass is 9.97. The van der Waals surface area contributed by atoms with E-state index < -0.39 is 0 Å². The summed E-state index contributed by atoms with van der Waals surface area (Å²) < 4.78 is 0. The molecule has 1 aromatic carbocycles. The highest BCUT2D eigenvalue weighted by molar-refractivity contribution is 7.98. The fourth-order valence-corrected chi connectivity index (χ4v) is 3.44. The number of benzene rings is 1. The number of rotatable bonds is 2. The fraction of sp³-hybridized carbons (Fsp3) is 0.158. The summed E-state index contributed by atoms with van der Waals surface area (Å²) in [5.41, 5.74) is 7.06. The Bertz CT molecular complexity index is 1050. The highest BCUT2D eigenvalue weighted by atomic mass is 32.2. The van der Waals surface area contributed by atoms with Crippen LogP contribution < -0.4 is 0 Å². The molecule has 5 heteroatoms. The van der Waals surface area contributed by atoms with E-state index in [2.05, 4.69) is 22.1 Å². The smallest absolute Gasteiger partial charge is 0.187 e. The Morgan fingerprint density at radius 3 is 2.83 bits per heavy atom. The van der Waals surface area contributed by atoms with Crippen LogP contribution in [0.5, 0.6) is 0 Å². The number of allylic oxidation sites excluding steroid dienone is 1. The molecule has 1 aliphatic carbocycles. The molecule has 0 amide bonds. The van der Waals surface area contributed by atoms with E-state index in [1.54, 1.807) is 0 Å². The first kappa shape index (κ1) is 14.9. The van der Waals surface area contributed by atoms with Crippen molar-refractivity contribution in [3.05, 3.63) is 64.6 Å². The number of aromatic nitrogens is 3. The summed E-state index contributed by atoms with van der Waals surface area (Å²) >= 11 is 1.53. The first-order valence-corrected chi connectivity index (χ1v) is 8.84. The molecule has 0 N–H and O–H groups in total. The average molecular weight is 330 g/mol. The molecule has 0 spiro atoms. The molecule has 116 valence electrons. The Morgan fingerprint density at radius 1 is 1.17 bits per heavy atom. The zero-order chi connectivity index (χ0) is 16.7. The Morgan fingerprint density at radius 2 is 2.04 bits per heavy atom. The minimum absolute atomic E-state index is 0.697. The van der Waals surface area contributed by atoms with Crippen LogP contribution in [0.3, 0.4) is 0 Å². The molecule has 2 heterocycles. The van der Waals surface area contributed by atoms with Gasteiger partial charge in [0.2, 0.25) is 0 Å². The highest BCUT2D eigenvalue weighted by Gasteiger charge is 2.20. The molecule has 24 heavy (non-hydrogen) atoms. The molecule has 0 unspecified atom stereocenters. The minimum atomic E-state index is 0.697. The van der Waals surface area contributed by atoms with Gasteiger partial charge in [-0.15, -0.1) is 0 Å². The van der Waals surface area contributed by atoms with E-state index in [0.717, 1.165) is 44.9 Å². The SMILES string of the molecule is CSc1ncc2c(C)ncc(C3=CCc4cc(C#N)ccc43)c2n1. The normalized spacial score (nSPS) is 12.8. The van der Waals surface area contributed by atoms with Gasteiger partial charge in [0.15, 0.2) is 5.16 Å². The van der Waals surface area contributed by atoms with Crippen molar-refractivity contribution in [1.29, 1.82) is 5.26 Å². The van der Waals surface area contributed by atoms with Gasteiger partial charge in [-0.3, -0.25) is 4.98 Å². The van der Waals surface area contributed by atoms with Crippen LogP contribution in [0.1, 0.15) is 27.9 Å². The standard InChI is InChI=1S/C19H14N4S/c1-11-16-9-22-19(24-2)23-18(16)17(10-21-11)15-6-4-13-7-12(8-20)3-5-14(13)15/h3,5-7,9-10H,4H2,1-2H3. The first-order chi connectivity index (χ1) is 11.7. The third kappa shape index (κ3) is 2.27. The Kier molecular flexibility index (Phi) is 3.55. The molecule has 0 radical (unpaired) electrons. The maximum atomic E-state index is 9.09. The van der Waals surface area contributed by atoms with Crippen molar-refractivity contribution in [2.45, 2.75) is 18.5 Å². The van der Waals surface area contributed by atoms with Crippen molar-refractivity contribution in [3.63, 3.8) is 0 Å². The second-order valence-electron chi connectivity index (χ2n) is 5.68. The molecule has 0 saturated carbocycles. The second-order valence-corrected chi connectivity index (χ2v) is 6.46. The summed E-state index contributed by atoms with van der Waals surface area (Å²) in [6.45, 7) is 1.98. The highest BCUT2D eigenvalue weighted by Crippen LogP contribution is 2.36. The van der Waals surface area contributed by atoms with Crippen molar-refractivity contribution >= 4 is 28.2 Å². The van der Waals surface area contributed by atoms with E-state index in [0.29, 0.717) is 5.56 Å². The van der Waals surface area contributed by atoms with Crippen LogP contribution in [0.15, 0.2) is 41.8 Å². The Hall–Kier alpha value is -2.71. The number of hydrogen-bond donors (Lipinski definition) is 0.